The van der Waals surface area contributed by atoms with Crippen LogP contribution in [0.3, 0.4) is 0 Å². The number of amides is 1. The number of para-hydroxylation sites is 1. The van der Waals surface area contributed by atoms with Crippen LogP contribution >= 0.6 is 0 Å². The van der Waals surface area contributed by atoms with Gasteiger partial charge in [-0.1, -0.05) is 25.5 Å². The first-order valence-electron chi connectivity index (χ1n) is 10.4. The molecule has 7 nitrogen and oxygen atoms in total. The molecule has 0 spiro atoms. The summed E-state index contributed by atoms with van der Waals surface area (Å²) in [7, 11) is 0. The molecule has 7 heteroatoms. The van der Waals surface area contributed by atoms with E-state index in [-0.39, 0.29) is 17.4 Å². The van der Waals surface area contributed by atoms with Crippen molar-refractivity contribution in [2.75, 3.05) is 11.9 Å². The lowest BCUT2D eigenvalue weighted by atomic mass is 10.1. The van der Waals surface area contributed by atoms with Crippen molar-refractivity contribution in [3.05, 3.63) is 69.5 Å². The number of rotatable bonds is 6. The van der Waals surface area contributed by atoms with Crippen molar-refractivity contribution in [3.63, 3.8) is 0 Å². The Morgan fingerprint density at radius 2 is 1.94 bits per heavy atom. The van der Waals surface area contributed by atoms with Crippen molar-refractivity contribution in [2.45, 2.75) is 39.2 Å². The highest BCUT2D eigenvalue weighted by atomic mass is 16.5. The molecule has 1 atom stereocenters. The smallest absolute Gasteiger partial charge is 0.338 e. The van der Waals surface area contributed by atoms with E-state index in [4.69, 9.17) is 4.74 Å². The standard InChI is InChI=1S/C24H24N2O5/c1-3-4-12-31-24(30)15-8-10-17(11-9-15)25-22(28)19-21(27)18-7-5-6-16-13-14(2)26(20(16)18)23(19)29/h5-11,14,27H,3-4,12-13H2,1-2H3,(H,25,28)/t14-/m1/s1. The third-order valence-corrected chi connectivity index (χ3v) is 5.58. The Morgan fingerprint density at radius 1 is 1.19 bits per heavy atom. The maximum Gasteiger partial charge on any atom is 0.338 e. The van der Waals surface area contributed by atoms with Crippen LogP contribution in [-0.2, 0) is 11.2 Å². The van der Waals surface area contributed by atoms with Gasteiger partial charge in [0.1, 0.15) is 11.3 Å². The minimum atomic E-state index is -0.698. The summed E-state index contributed by atoms with van der Waals surface area (Å²) in [6.45, 7) is 4.29. The minimum Gasteiger partial charge on any atom is -0.506 e. The summed E-state index contributed by atoms with van der Waals surface area (Å²) in [5.41, 5.74) is 1.62. The number of nitrogens with one attached hydrogen (secondary N) is 1. The predicted molar refractivity (Wildman–Crippen MR) is 118 cm³/mol. The average molecular weight is 420 g/mol. The summed E-state index contributed by atoms with van der Waals surface area (Å²) in [6, 6.07) is 11.6. The van der Waals surface area contributed by atoms with Crippen LogP contribution < -0.4 is 10.9 Å². The Kier molecular flexibility index (Phi) is 5.50. The molecule has 0 aliphatic carbocycles. The highest BCUT2D eigenvalue weighted by Crippen LogP contribution is 2.36. The molecule has 1 aliphatic heterocycles. The maximum atomic E-state index is 13.1. The number of nitrogens with zero attached hydrogens (tertiary/aromatic N) is 1. The van der Waals surface area contributed by atoms with Gasteiger partial charge >= 0.3 is 5.97 Å². The molecule has 0 saturated heterocycles. The summed E-state index contributed by atoms with van der Waals surface area (Å²) in [5.74, 6) is -1.44. The molecule has 0 radical (unpaired) electrons. The fraction of sp³-hybridized carbons (Fsp3) is 0.292. The van der Waals surface area contributed by atoms with Crippen LogP contribution in [0.15, 0.2) is 47.3 Å². The van der Waals surface area contributed by atoms with Gasteiger partial charge in [0.2, 0.25) is 0 Å². The Bertz CT molecular complexity index is 1230. The maximum absolute atomic E-state index is 13.1. The Hall–Kier alpha value is -3.61. The molecule has 160 valence electrons. The van der Waals surface area contributed by atoms with E-state index in [9.17, 15) is 19.5 Å². The van der Waals surface area contributed by atoms with Crippen LogP contribution in [0.25, 0.3) is 10.9 Å². The summed E-state index contributed by atoms with van der Waals surface area (Å²) in [6.07, 6.45) is 2.40. The summed E-state index contributed by atoms with van der Waals surface area (Å²) in [5, 5.41) is 13.9. The van der Waals surface area contributed by atoms with Gasteiger partial charge in [0.15, 0.2) is 0 Å². The van der Waals surface area contributed by atoms with Crippen LogP contribution in [0.2, 0.25) is 0 Å². The minimum absolute atomic E-state index is 0.0995. The molecule has 0 saturated carbocycles. The van der Waals surface area contributed by atoms with Crippen molar-refractivity contribution in [2.24, 2.45) is 0 Å². The first kappa shape index (κ1) is 20.7. The summed E-state index contributed by atoms with van der Waals surface area (Å²) >= 11 is 0. The topological polar surface area (TPSA) is 97.6 Å². The summed E-state index contributed by atoms with van der Waals surface area (Å²) in [4.78, 5) is 38.0. The number of aromatic hydroxyl groups is 1. The van der Waals surface area contributed by atoms with Crippen LogP contribution in [0, 0.1) is 0 Å². The van der Waals surface area contributed by atoms with Gasteiger partial charge in [0.05, 0.1) is 17.7 Å². The van der Waals surface area contributed by atoms with Crippen LogP contribution in [-0.4, -0.2) is 28.2 Å². The number of carbonyl (C=O) groups is 2. The zero-order chi connectivity index (χ0) is 22.1. The van der Waals surface area contributed by atoms with E-state index >= 15 is 0 Å². The number of anilines is 1. The van der Waals surface area contributed by atoms with Gasteiger partial charge in [-0.3, -0.25) is 9.59 Å². The molecule has 1 amide bonds. The largest absolute Gasteiger partial charge is 0.506 e. The van der Waals surface area contributed by atoms with E-state index < -0.39 is 17.4 Å². The number of aromatic nitrogens is 1. The second-order valence-corrected chi connectivity index (χ2v) is 7.79. The lowest BCUT2D eigenvalue weighted by Crippen LogP contribution is -2.30. The zero-order valence-corrected chi connectivity index (χ0v) is 17.5. The molecule has 0 unspecified atom stereocenters. The second-order valence-electron chi connectivity index (χ2n) is 7.79. The van der Waals surface area contributed by atoms with E-state index in [1.165, 1.54) is 0 Å². The zero-order valence-electron chi connectivity index (χ0n) is 17.5. The second kappa shape index (κ2) is 8.26. The molecular formula is C24H24N2O5. The van der Waals surface area contributed by atoms with Crippen molar-refractivity contribution in [1.29, 1.82) is 0 Å². The van der Waals surface area contributed by atoms with Crippen molar-refractivity contribution >= 4 is 28.5 Å². The molecule has 2 aromatic carbocycles. The van der Waals surface area contributed by atoms with Crippen LogP contribution in [0.5, 0.6) is 5.75 Å². The van der Waals surface area contributed by atoms with Gasteiger partial charge in [-0.15, -0.1) is 0 Å². The van der Waals surface area contributed by atoms with Gasteiger partial charge in [-0.2, -0.15) is 0 Å². The van der Waals surface area contributed by atoms with Crippen molar-refractivity contribution in [3.8, 4) is 5.75 Å². The van der Waals surface area contributed by atoms with E-state index in [1.54, 1.807) is 34.9 Å². The number of esters is 1. The monoisotopic (exact) mass is 420 g/mol. The van der Waals surface area contributed by atoms with E-state index in [1.807, 2.05) is 26.0 Å². The normalized spacial score (nSPS) is 14.6. The molecule has 2 heterocycles. The molecule has 1 aliphatic rings. The lowest BCUT2D eigenvalue weighted by molar-refractivity contribution is 0.0499. The predicted octanol–water partition coefficient (Wildman–Crippen LogP) is 4.03. The first-order chi connectivity index (χ1) is 14.9. The van der Waals surface area contributed by atoms with E-state index in [0.29, 0.717) is 35.2 Å². The Morgan fingerprint density at radius 3 is 2.65 bits per heavy atom. The van der Waals surface area contributed by atoms with Crippen molar-refractivity contribution in [1.82, 2.24) is 4.57 Å². The number of hydrogen-bond acceptors (Lipinski definition) is 5. The number of hydrogen-bond donors (Lipinski definition) is 2. The van der Waals surface area contributed by atoms with Gasteiger partial charge < -0.3 is 19.7 Å². The number of pyridine rings is 1. The molecule has 1 aromatic heterocycles. The third kappa shape index (κ3) is 3.67. The fourth-order valence-electron chi connectivity index (χ4n) is 4.00. The van der Waals surface area contributed by atoms with E-state index in [2.05, 4.69) is 5.32 Å². The highest BCUT2D eigenvalue weighted by Gasteiger charge is 2.29. The number of ether oxygens (including phenoxy) is 1. The van der Waals surface area contributed by atoms with Crippen LogP contribution in [0.4, 0.5) is 5.69 Å². The molecule has 2 N–H and O–H groups in total. The third-order valence-electron chi connectivity index (χ3n) is 5.58. The molecular weight excluding hydrogens is 396 g/mol. The SMILES string of the molecule is CCCCOC(=O)c1ccc(NC(=O)c2c(O)c3cccc4c3n(c2=O)[C@H](C)C4)cc1. The fourth-order valence-corrected chi connectivity index (χ4v) is 4.00. The van der Waals surface area contributed by atoms with E-state index in [0.717, 1.165) is 18.4 Å². The lowest BCUT2D eigenvalue weighted by Gasteiger charge is -2.14. The highest BCUT2D eigenvalue weighted by molar-refractivity contribution is 6.09. The van der Waals surface area contributed by atoms with Gasteiger partial charge in [0, 0.05) is 17.1 Å². The molecule has 31 heavy (non-hydrogen) atoms. The van der Waals surface area contributed by atoms with Gasteiger partial charge in [-0.25, -0.2) is 4.79 Å². The Labute approximate surface area is 179 Å². The van der Waals surface area contributed by atoms with Gasteiger partial charge in [0.25, 0.3) is 11.5 Å². The Balaban J connectivity index is 1.60. The molecule has 4 rings (SSSR count). The van der Waals surface area contributed by atoms with Crippen molar-refractivity contribution < 1.29 is 19.4 Å². The average Bonchev–Trinajstić information content (AvgIpc) is 3.09. The number of benzene rings is 2. The quantitative estimate of drug-likeness (QED) is 0.463. The molecule has 3 aromatic rings. The molecule has 0 bridgehead atoms. The number of carbonyl (C=O) groups excluding carboxylic acids is 2. The van der Waals surface area contributed by atoms with Gasteiger partial charge in [-0.05, 0) is 55.7 Å². The van der Waals surface area contributed by atoms with Crippen LogP contribution in [0.1, 0.15) is 59.0 Å². The number of unbranched alkanes of at least 4 members (excludes halogenated alkanes) is 1. The molecule has 0 fully saturated rings. The first-order valence-corrected chi connectivity index (χ1v) is 10.4. The summed E-state index contributed by atoms with van der Waals surface area (Å²) < 4.78 is 6.75.